The molecule has 1 aromatic heterocycles. The summed E-state index contributed by atoms with van der Waals surface area (Å²) in [5, 5.41) is 19.8. The molecule has 1 heterocycles. The Morgan fingerprint density at radius 2 is 1.95 bits per heavy atom. The molecule has 0 saturated carbocycles. The van der Waals surface area contributed by atoms with E-state index in [0.717, 1.165) is 16.3 Å². The number of aliphatic hydroxyl groups excluding tert-OH is 1. The van der Waals surface area contributed by atoms with E-state index in [1.807, 2.05) is 24.3 Å². The van der Waals surface area contributed by atoms with Gasteiger partial charge < -0.3 is 14.9 Å². The monoisotopic (exact) mass is 319 g/mol. The molecule has 1 aromatic carbocycles. The van der Waals surface area contributed by atoms with Crippen molar-refractivity contribution in [1.29, 1.82) is 0 Å². The molecule has 0 aliphatic rings. The molecule has 0 spiro atoms. The number of methoxy groups -OCH3 is 1. The van der Waals surface area contributed by atoms with E-state index in [-0.39, 0.29) is 5.69 Å². The highest BCUT2D eigenvalue weighted by molar-refractivity contribution is 7.09. The Balaban J connectivity index is 2.09. The van der Waals surface area contributed by atoms with Gasteiger partial charge in [0.1, 0.15) is 11.4 Å². The molecule has 0 aliphatic heterocycles. The maximum Gasteiger partial charge on any atom is 0.371 e. The van der Waals surface area contributed by atoms with Crippen LogP contribution in [-0.2, 0) is 11.2 Å². The molecular weight excluding hydrogens is 306 g/mol. The van der Waals surface area contributed by atoms with Crippen molar-refractivity contribution in [2.75, 3.05) is 7.11 Å². The van der Waals surface area contributed by atoms with Crippen LogP contribution in [0.4, 0.5) is 0 Å². The summed E-state index contributed by atoms with van der Waals surface area (Å²) < 4.78 is 5.08. The molecule has 0 amide bonds. The first kappa shape index (κ1) is 15.7. The number of carboxylic acid groups (broad SMARTS) is 1. The van der Waals surface area contributed by atoms with Crippen LogP contribution in [0.3, 0.4) is 0 Å². The normalized spacial score (nSPS) is 11.2. The molecule has 2 N–H and O–H groups in total. The number of aliphatic carboxylic acids is 1. The number of ketones is 1. The number of hydrogen-bond donors (Lipinski definition) is 2. The fraction of sp³-hybridized carbons (Fsp3) is 0.133. The Kier molecular flexibility index (Phi) is 4.90. The Morgan fingerprint density at radius 3 is 2.55 bits per heavy atom. The zero-order valence-corrected chi connectivity index (χ0v) is 12.5. The maximum absolute atomic E-state index is 11.7. The number of thiazole rings is 1. The average Bonchev–Trinajstić information content (AvgIpc) is 2.96. The summed E-state index contributed by atoms with van der Waals surface area (Å²) in [5.41, 5.74) is 1.12. The third-order valence-electron chi connectivity index (χ3n) is 2.81. The van der Waals surface area contributed by atoms with Gasteiger partial charge in [0.05, 0.1) is 12.1 Å². The van der Waals surface area contributed by atoms with Crippen LogP contribution in [0, 0.1) is 0 Å². The zero-order chi connectivity index (χ0) is 16.1. The summed E-state index contributed by atoms with van der Waals surface area (Å²) in [6, 6.07) is 7.47. The van der Waals surface area contributed by atoms with Crippen molar-refractivity contribution in [1.82, 2.24) is 4.98 Å². The Morgan fingerprint density at radius 1 is 1.27 bits per heavy atom. The summed E-state index contributed by atoms with van der Waals surface area (Å²) in [4.78, 5) is 26.4. The molecule has 6 nitrogen and oxygen atoms in total. The first-order valence-corrected chi connectivity index (χ1v) is 7.13. The largest absolute Gasteiger partial charge is 0.502 e. The van der Waals surface area contributed by atoms with Gasteiger partial charge in [0.15, 0.2) is 0 Å². The number of nitrogens with zero attached hydrogens (tertiary/aromatic N) is 1. The zero-order valence-electron chi connectivity index (χ0n) is 11.6. The minimum atomic E-state index is -1.55. The van der Waals surface area contributed by atoms with E-state index in [2.05, 4.69) is 4.98 Å². The van der Waals surface area contributed by atoms with Crippen molar-refractivity contribution in [3.63, 3.8) is 0 Å². The van der Waals surface area contributed by atoms with Gasteiger partial charge >= 0.3 is 5.97 Å². The number of carboxylic acids is 1. The van der Waals surface area contributed by atoms with Crippen LogP contribution in [0.1, 0.15) is 21.1 Å². The van der Waals surface area contributed by atoms with E-state index in [1.165, 1.54) is 16.7 Å². The van der Waals surface area contributed by atoms with Crippen LogP contribution in [-0.4, -0.2) is 34.1 Å². The van der Waals surface area contributed by atoms with Crippen molar-refractivity contribution in [2.24, 2.45) is 0 Å². The molecular formula is C15H13NO5S. The van der Waals surface area contributed by atoms with Gasteiger partial charge in [-0.05, 0) is 17.7 Å². The van der Waals surface area contributed by atoms with E-state index in [9.17, 15) is 9.59 Å². The fourth-order valence-corrected chi connectivity index (χ4v) is 2.50. The lowest BCUT2D eigenvalue weighted by atomic mass is 10.1. The highest BCUT2D eigenvalue weighted by Gasteiger charge is 2.13. The van der Waals surface area contributed by atoms with E-state index in [0.29, 0.717) is 12.5 Å². The third-order valence-corrected chi connectivity index (χ3v) is 3.65. The molecule has 0 radical (unpaired) electrons. The van der Waals surface area contributed by atoms with Crippen LogP contribution in [0.2, 0.25) is 0 Å². The minimum absolute atomic E-state index is 0.112. The smallest absolute Gasteiger partial charge is 0.371 e. The number of ether oxygens (including phenoxy) is 1. The molecule has 0 fully saturated rings. The molecule has 0 unspecified atom stereocenters. The second kappa shape index (κ2) is 6.86. The number of aromatic nitrogens is 1. The van der Waals surface area contributed by atoms with E-state index in [1.54, 1.807) is 7.11 Å². The van der Waals surface area contributed by atoms with Crippen LogP contribution in [0.25, 0.3) is 0 Å². The van der Waals surface area contributed by atoms with Crippen LogP contribution < -0.4 is 4.74 Å². The lowest BCUT2D eigenvalue weighted by Gasteiger charge is -2.01. The van der Waals surface area contributed by atoms with Gasteiger partial charge in [0.25, 0.3) is 0 Å². The summed E-state index contributed by atoms with van der Waals surface area (Å²) in [6.45, 7) is 0. The molecule has 0 aliphatic carbocycles. The quantitative estimate of drug-likeness (QED) is 0.482. The molecule has 22 heavy (non-hydrogen) atoms. The fourth-order valence-electron chi connectivity index (χ4n) is 1.68. The van der Waals surface area contributed by atoms with Crippen molar-refractivity contribution in [3.8, 4) is 5.75 Å². The summed E-state index contributed by atoms with van der Waals surface area (Å²) >= 11 is 1.30. The number of benzene rings is 1. The maximum atomic E-state index is 11.7. The highest BCUT2D eigenvalue weighted by Crippen LogP contribution is 2.18. The molecule has 2 aromatic rings. The topological polar surface area (TPSA) is 96.7 Å². The molecule has 0 atom stereocenters. The van der Waals surface area contributed by atoms with E-state index < -0.39 is 17.5 Å². The molecule has 0 saturated heterocycles. The number of aliphatic hydroxyl groups is 1. The summed E-state index contributed by atoms with van der Waals surface area (Å²) in [6.07, 6.45) is 1.20. The van der Waals surface area contributed by atoms with Gasteiger partial charge in [0, 0.05) is 17.9 Å². The number of allylic oxidation sites excluding steroid dienone is 1. The van der Waals surface area contributed by atoms with Crippen LogP contribution in [0.15, 0.2) is 41.5 Å². The first-order chi connectivity index (χ1) is 10.5. The SMILES string of the molecule is COc1ccc(Cc2nc(C(=O)C=C(O)C(=O)O)cs2)cc1. The number of carbonyl (C=O) groups is 2. The van der Waals surface area contributed by atoms with Gasteiger partial charge in [0.2, 0.25) is 11.5 Å². The Bertz CT molecular complexity index is 718. The summed E-state index contributed by atoms with van der Waals surface area (Å²) in [5.74, 6) is -2.44. The van der Waals surface area contributed by atoms with Crippen LogP contribution in [0.5, 0.6) is 5.75 Å². The van der Waals surface area contributed by atoms with Gasteiger partial charge in [-0.25, -0.2) is 9.78 Å². The molecule has 2 rings (SSSR count). The second-order valence-electron chi connectivity index (χ2n) is 4.35. The van der Waals surface area contributed by atoms with Gasteiger partial charge in [-0.2, -0.15) is 0 Å². The third kappa shape index (κ3) is 3.92. The van der Waals surface area contributed by atoms with Crippen molar-refractivity contribution in [2.45, 2.75) is 6.42 Å². The predicted octanol–water partition coefficient (Wildman–Crippen LogP) is 2.45. The minimum Gasteiger partial charge on any atom is -0.502 e. The lowest BCUT2D eigenvalue weighted by Crippen LogP contribution is -2.04. The number of carbonyl (C=O) groups excluding carboxylic acids is 1. The van der Waals surface area contributed by atoms with Crippen molar-refractivity contribution >= 4 is 23.1 Å². The van der Waals surface area contributed by atoms with Crippen molar-refractivity contribution in [3.05, 3.63) is 57.7 Å². The Labute approximate surface area is 130 Å². The molecule has 7 heteroatoms. The summed E-state index contributed by atoms with van der Waals surface area (Å²) in [7, 11) is 1.59. The van der Waals surface area contributed by atoms with Gasteiger partial charge in [-0.1, -0.05) is 12.1 Å². The van der Waals surface area contributed by atoms with E-state index >= 15 is 0 Å². The predicted molar refractivity (Wildman–Crippen MR) is 80.6 cm³/mol. The van der Waals surface area contributed by atoms with E-state index in [4.69, 9.17) is 14.9 Å². The highest BCUT2D eigenvalue weighted by atomic mass is 32.1. The van der Waals surface area contributed by atoms with Gasteiger partial charge in [-0.3, -0.25) is 4.79 Å². The standard InChI is InChI=1S/C15H13NO5S/c1-21-10-4-2-9(3-5-10)6-14-16-11(8-22-14)12(17)7-13(18)15(19)20/h2-5,7-8,18H,6H2,1H3,(H,19,20). The van der Waals surface area contributed by atoms with Gasteiger partial charge in [-0.15, -0.1) is 11.3 Å². The van der Waals surface area contributed by atoms with Crippen LogP contribution >= 0.6 is 11.3 Å². The first-order valence-electron chi connectivity index (χ1n) is 6.25. The number of rotatable bonds is 6. The average molecular weight is 319 g/mol. The number of hydrogen-bond acceptors (Lipinski definition) is 6. The molecule has 0 bridgehead atoms. The second-order valence-corrected chi connectivity index (χ2v) is 5.29. The lowest BCUT2D eigenvalue weighted by molar-refractivity contribution is -0.135. The Hall–Kier alpha value is -2.67. The molecule has 114 valence electrons. The van der Waals surface area contributed by atoms with Crippen molar-refractivity contribution < 1.29 is 24.5 Å².